The number of carbonyl (C=O) groups excluding carboxylic acids is 1. The van der Waals surface area contributed by atoms with Crippen LogP contribution < -0.4 is 0 Å². The average Bonchev–Trinajstić information content (AvgIpc) is 1.35. The van der Waals surface area contributed by atoms with E-state index in [0.29, 0.717) is 0 Å². The third-order valence-corrected chi connectivity index (χ3v) is 0.602. The summed E-state index contributed by atoms with van der Waals surface area (Å²) in [6.45, 7) is 3.62. The SMILES string of the molecule is CCCC(C)=O.[Fe]. The first-order chi connectivity index (χ1) is 2.77. The van der Waals surface area contributed by atoms with Gasteiger partial charge in [0.1, 0.15) is 5.78 Å². The van der Waals surface area contributed by atoms with Crippen LogP contribution in [-0.4, -0.2) is 5.78 Å². The largest absolute Gasteiger partial charge is 0.300 e. The molecule has 0 heterocycles. The van der Waals surface area contributed by atoms with Gasteiger partial charge in [-0.15, -0.1) is 0 Å². The molecule has 44 valence electrons. The predicted molar refractivity (Wildman–Crippen MR) is 25.6 cm³/mol. The Morgan fingerprint density at radius 3 is 2.00 bits per heavy atom. The zero-order valence-electron chi connectivity index (χ0n) is 4.68. The van der Waals surface area contributed by atoms with Gasteiger partial charge in [0, 0.05) is 23.5 Å². The fourth-order valence-corrected chi connectivity index (χ4v) is 0.352. The van der Waals surface area contributed by atoms with Gasteiger partial charge in [-0.1, -0.05) is 6.92 Å². The summed E-state index contributed by atoms with van der Waals surface area (Å²) in [7, 11) is 0. The summed E-state index contributed by atoms with van der Waals surface area (Å²) in [5.74, 6) is 0.289. The van der Waals surface area contributed by atoms with Crippen molar-refractivity contribution < 1.29 is 21.9 Å². The predicted octanol–water partition coefficient (Wildman–Crippen LogP) is 1.37. The number of carbonyl (C=O) groups is 1. The first-order valence-corrected chi connectivity index (χ1v) is 2.26. The van der Waals surface area contributed by atoms with Gasteiger partial charge in [0.2, 0.25) is 0 Å². The van der Waals surface area contributed by atoms with Gasteiger partial charge in [0.05, 0.1) is 0 Å². The van der Waals surface area contributed by atoms with Crippen molar-refractivity contribution in [3.05, 3.63) is 0 Å². The Labute approximate surface area is 55.0 Å². The quantitative estimate of drug-likeness (QED) is 0.532. The van der Waals surface area contributed by atoms with Crippen LogP contribution in [0.1, 0.15) is 26.7 Å². The average molecular weight is 142 g/mol. The molecule has 0 radical (unpaired) electrons. The molecule has 0 aliphatic rings. The van der Waals surface area contributed by atoms with E-state index >= 15 is 0 Å². The second-order valence-corrected chi connectivity index (χ2v) is 1.45. The summed E-state index contributed by atoms with van der Waals surface area (Å²) in [4.78, 5) is 10.0. The van der Waals surface area contributed by atoms with E-state index in [1.165, 1.54) is 0 Å². The molecule has 0 rings (SSSR count). The molecule has 0 atom stereocenters. The van der Waals surface area contributed by atoms with Crippen molar-refractivity contribution in [2.75, 3.05) is 0 Å². The van der Waals surface area contributed by atoms with Crippen molar-refractivity contribution in [3.63, 3.8) is 0 Å². The molecule has 0 amide bonds. The Morgan fingerprint density at radius 1 is 1.57 bits per heavy atom. The molecule has 0 saturated carbocycles. The van der Waals surface area contributed by atoms with Crippen LogP contribution in [0.4, 0.5) is 0 Å². The Kier molecular flexibility index (Phi) is 9.04. The van der Waals surface area contributed by atoms with Gasteiger partial charge in [-0.05, 0) is 13.3 Å². The van der Waals surface area contributed by atoms with Crippen LogP contribution in [0.25, 0.3) is 0 Å². The molecule has 0 N–H and O–H groups in total. The van der Waals surface area contributed by atoms with Crippen LogP contribution >= 0.6 is 0 Å². The van der Waals surface area contributed by atoms with Crippen molar-refractivity contribution in [1.29, 1.82) is 0 Å². The summed E-state index contributed by atoms with van der Waals surface area (Å²) in [5.41, 5.74) is 0. The standard InChI is InChI=1S/C5H10O.Fe/c1-3-4-5(2)6;/h3-4H2,1-2H3;. The molecule has 0 fully saturated rings. The van der Waals surface area contributed by atoms with Crippen molar-refractivity contribution in [1.82, 2.24) is 0 Å². The molecular weight excluding hydrogens is 132 g/mol. The zero-order chi connectivity index (χ0) is 4.99. The molecule has 1 nitrogen and oxygen atoms in total. The van der Waals surface area contributed by atoms with Gasteiger partial charge >= 0.3 is 0 Å². The Morgan fingerprint density at radius 2 is 2.00 bits per heavy atom. The minimum atomic E-state index is 0. The van der Waals surface area contributed by atoms with Gasteiger partial charge in [-0.2, -0.15) is 0 Å². The van der Waals surface area contributed by atoms with E-state index in [9.17, 15) is 4.79 Å². The Hall–Kier alpha value is 0.189. The molecule has 0 aromatic carbocycles. The van der Waals surface area contributed by atoms with Crippen LogP contribution in [-0.2, 0) is 21.9 Å². The smallest absolute Gasteiger partial charge is 0.129 e. The molecular formula is C5H10FeO. The maximum atomic E-state index is 10.0. The molecule has 0 saturated heterocycles. The van der Waals surface area contributed by atoms with E-state index < -0.39 is 0 Å². The van der Waals surface area contributed by atoms with E-state index in [-0.39, 0.29) is 22.9 Å². The maximum absolute atomic E-state index is 10.0. The second kappa shape index (κ2) is 6.19. The second-order valence-electron chi connectivity index (χ2n) is 1.45. The van der Waals surface area contributed by atoms with E-state index in [4.69, 9.17) is 0 Å². The molecule has 0 aromatic heterocycles. The number of ketones is 1. The summed E-state index contributed by atoms with van der Waals surface area (Å²) >= 11 is 0. The molecule has 0 spiro atoms. The monoisotopic (exact) mass is 142 g/mol. The Balaban J connectivity index is 0. The summed E-state index contributed by atoms with van der Waals surface area (Å²) in [6.07, 6.45) is 1.72. The molecule has 0 bridgehead atoms. The van der Waals surface area contributed by atoms with Crippen molar-refractivity contribution >= 4 is 5.78 Å². The number of Topliss-reactive ketones (excluding diaryl/α,β-unsaturated/α-hetero) is 1. The first kappa shape index (κ1) is 10.2. The van der Waals surface area contributed by atoms with E-state index in [0.717, 1.165) is 12.8 Å². The number of rotatable bonds is 2. The summed E-state index contributed by atoms with van der Waals surface area (Å²) in [5, 5.41) is 0. The van der Waals surface area contributed by atoms with Gasteiger partial charge < -0.3 is 4.79 Å². The minimum absolute atomic E-state index is 0. The van der Waals surface area contributed by atoms with Crippen molar-refractivity contribution in [2.45, 2.75) is 26.7 Å². The van der Waals surface area contributed by atoms with Crippen LogP contribution in [0, 0.1) is 0 Å². The Bertz CT molecular complexity index is 52.0. The number of hydrogen-bond donors (Lipinski definition) is 0. The van der Waals surface area contributed by atoms with Crippen LogP contribution in [0.3, 0.4) is 0 Å². The third kappa shape index (κ3) is 10.7. The van der Waals surface area contributed by atoms with E-state index in [2.05, 4.69) is 0 Å². The third-order valence-electron chi connectivity index (χ3n) is 0.602. The molecule has 2 heteroatoms. The van der Waals surface area contributed by atoms with E-state index in [1.54, 1.807) is 6.92 Å². The van der Waals surface area contributed by atoms with Crippen LogP contribution in [0.15, 0.2) is 0 Å². The van der Waals surface area contributed by atoms with Gasteiger partial charge in [-0.25, -0.2) is 0 Å². The fourth-order valence-electron chi connectivity index (χ4n) is 0.352. The fraction of sp³-hybridized carbons (Fsp3) is 0.800. The van der Waals surface area contributed by atoms with Crippen LogP contribution in [0.5, 0.6) is 0 Å². The van der Waals surface area contributed by atoms with Gasteiger partial charge in [0.25, 0.3) is 0 Å². The molecule has 0 aliphatic carbocycles. The molecule has 0 unspecified atom stereocenters. The normalized spacial score (nSPS) is 7.14. The van der Waals surface area contributed by atoms with E-state index in [1.807, 2.05) is 6.92 Å². The summed E-state index contributed by atoms with van der Waals surface area (Å²) < 4.78 is 0. The van der Waals surface area contributed by atoms with Gasteiger partial charge in [-0.3, -0.25) is 0 Å². The number of hydrogen-bond acceptors (Lipinski definition) is 1. The molecule has 7 heavy (non-hydrogen) atoms. The topological polar surface area (TPSA) is 17.1 Å². The molecule has 0 aliphatic heterocycles. The summed E-state index contributed by atoms with van der Waals surface area (Å²) in [6, 6.07) is 0. The maximum Gasteiger partial charge on any atom is 0.129 e. The molecule has 0 aromatic rings. The van der Waals surface area contributed by atoms with Gasteiger partial charge in [0.15, 0.2) is 0 Å². The van der Waals surface area contributed by atoms with Crippen molar-refractivity contribution in [2.24, 2.45) is 0 Å². The van der Waals surface area contributed by atoms with Crippen molar-refractivity contribution in [3.8, 4) is 0 Å². The first-order valence-electron chi connectivity index (χ1n) is 2.26. The zero-order valence-corrected chi connectivity index (χ0v) is 5.78. The van der Waals surface area contributed by atoms with Crippen LogP contribution in [0.2, 0.25) is 0 Å². The minimum Gasteiger partial charge on any atom is -0.300 e.